The van der Waals surface area contributed by atoms with E-state index in [1.54, 1.807) is 36.4 Å². The van der Waals surface area contributed by atoms with Crippen LogP contribution in [0.4, 0.5) is 10.5 Å². The molecule has 3 aromatic carbocycles. The van der Waals surface area contributed by atoms with Crippen LogP contribution in [0.1, 0.15) is 16.7 Å². The van der Waals surface area contributed by atoms with Gasteiger partial charge in [0.05, 0.1) is 5.69 Å². The average molecular weight is 447 g/mol. The van der Waals surface area contributed by atoms with E-state index in [1.807, 2.05) is 31.2 Å². The number of nitrogens with one attached hydrogen (secondary N) is 1. The summed E-state index contributed by atoms with van der Waals surface area (Å²) >= 11 is 5.89. The highest BCUT2D eigenvalue weighted by atomic mass is 35.5. The number of halogens is 1. The first kappa shape index (κ1) is 21.3. The maximum atomic E-state index is 13.0. The summed E-state index contributed by atoms with van der Waals surface area (Å²) < 4.78 is 5.88. The normalized spacial score (nSPS) is 15.1. The Morgan fingerprint density at radius 3 is 2.47 bits per heavy atom. The molecule has 1 N–H and O–H groups in total. The maximum absolute atomic E-state index is 13.0. The van der Waals surface area contributed by atoms with Crippen molar-refractivity contribution in [3.8, 4) is 5.75 Å². The zero-order valence-electron chi connectivity index (χ0n) is 17.2. The molecule has 1 aliphatic heterocycles. The molecule has 0 aliphatic carbocycles. The minimum absolute atomic E-state index is 0.157. The van der Waals surface area contributed by atoms with Crippen LogP contribution in [-0.4, -0.2) is 17.8 Å². The summed E-state index contributed by atoms with van der Waals surface area (Å²) in [6.07, 6.45) is 1.44. The first-order valence-corrected chi connectivity index (χ1v) is 10.2. The van der Waals surface area contributed by atoms with Gasteiger partial charge in [-0.3, -0.25) is 14.9 Å². The molecular formula is C25H19ClN2O4. The second kappa shape index (κ2) is 9.08. The van der Waals surface area contributed by atoms with E-state index in [1.165, 1.54) is 18.2 Å². The number of carbonyl (C=O) groups is 3. The van der Waals surface area contributed by atoms with E-state index in [0.717, 1.165) is 16.0 Å². The summed E-state index contributed by atoms with van der Waals surface area (Å²) in [6.45, 7) is 2.41. The summed E-state index contributed by atoms with van der Waals surface area (Å²) in [5.41, 5.74) is 2.94. The first-order chi connectivity index (χ1) is 15.4. The van der Waals surface area contributed by atoms with Crippen molar-refractivity contribution in [3.05, 3.63) is 100 Å². The van der Waals surface area contributed by atoms with Gasteiger partial charge < -0.3 is 4.74 Å². The number of barbiturate groups is 1. The van der Waals surface area contributed by atoms with Crippen molar-refractivity contribution in [1.82, 2.24) is 5.32 Å². The first-order valence-electron chi connectivity index (χ1n) is 9.87. The number of imide groups is 2. The van der Waals surface area contributed by atoms with E-state index in [-0.39, 0.29) is 5.57 Å². The van der Waals surface area contributed by atoms with Crippen LogP contribution in [0.25, 0.3) is 6.08 Å². The number of anilines is 1. The molecule has 3 aromatic rings. The van der Waals surface area contributed by atoms with Gasteiger partial charge in [-0.1, -0.05) is 48.0 Å². The minimum atomic E-state index is -0.810. The number of ether oxygens (including phenoxy) is 1. The largest absolute Gasteiger partial charge is 0.489 e. The molecule has 160 valence electrons. The Kier molecular flexibility index (Phi) is 6.05. The van der Waals surface area contributed by atoms with Gasteiger partial charge in [0.25, 0.3) is 11.8 Å². The van der Waals surface area contributed by atoms with Crippen molar-refractivity contribution >= 4 is 41.2 Å². The number of nitrogens with zero attached hydrogens (tertiary/aromatic N) is 1. The minimum Gasteiger partial charge on any atom is -0.489 e. The van der Waals surface area contributed by atoms with Crippen molar-refractivity contribution in [1.29, 1.82) is 0 Å². The van der Waals surface area contributed by atoms with Crippen LogP contribution in [0.5, 0.6) is 5.75 Å². The van der Waals surface area contributed by atoms with Gasteiger partial charge in [-0.2, -0.15) is 0 Å². The lowest BCUT2D eigenvalue weighted by atomic mass is 10.1. The molecule has 1 fully saturated rings. The Hall–Kier alpha value is -3.90. The third-order valence-electron chi connectivity index (χ3n) is 5.01. The molecular weight excluding hydrogens is 428 g/mol. The number of carbonyl (C=O) groups excluding carboxylic acids is 3. The van der Waals surface area contributed by atoms with Crippen molar-refractivity contribution in [3.63, 3.8) is 0 Å². The molecule has 0 spiro atoms. The smallest absolute Gasteiger partial charge is 0.335 e. The molecule has 0 radical (unpaired) electrons. The van der Waals surface area contributed by atoms with Crippen molar-refractivity contribution in [2.75, 3.05) is 4.90 Å². The van der Waals surface area contributed by atoms with Crippen LogP contribution in [0.2, 0.25) is 5.02 Å². The molecule has 7 heteroatoms. The predicted molar refractivity (Wildman–Crippen MR) is 122 cm³/mol. The highest BCUT2D eigenvalue weighted by molar-refractivity contribution is 6.39. The van der Waals surface area contributed by atoms with Gasteiger partial charge in [-0.25, -0.2) is 9.69 Å². The van der Waals surface area contributed by atoms with Gasteiger partial charge in [0.1, 0.15) is 17.9 Å². The van der Waals surface area contributed by atoms with E-state index >= 15 is 0 Å². The molecule has 32 heavy (non-hydrogen) atoms. The summed E-state index contributed by atoms with van der Waals surface area (Å²) in [5, 5.41) is 2.67. The lowest BCUT2D eigenvalue weighted by Crippen LogP contribution is -2.54. The average Bonchev–Trinajstić information content (AvgIpc) is 2.77. The zero-order chi connectivity index (χ0) is 22.7. The van der Waals surface area contributed by atoms with Crippen molar-refractivity contribution < 1.29 is 19.1 Å². The van der Waals surface area contributed by atoms with Gasteiger partial charge >= 0.3 is 6.03 Å². The SMILES string of the molecule is Cc1ccccc1COc1cccc(C=C2C(=O)NC(=O)N(c3ccc(Cl)cc3)C2=O)c1. The number of hydrogen-bond donors (Lipinski definition) is 1. The van der Waals surface area contributed by atoms with E-state index in [2.05, 4.69) is 5.32 Å². The van der Waals surface area contributed by atoms with Gasteiger partial charge in [-0.05, 0) is 66.1 Å². The van der Waals surface area contributed by atoms with E-state index in [4.69, 9.17) is 16.3 Å². The number of urea groups is 1. The molecule has 4 amide bonds. The molecule has 1 aliphatic rings. The van der Waals surface area contributed by atoms with Crippen molar-refractivity contribution in [2.24, 2.45) is 0 Å². The fourth-order valence-electron chi connectivity index (χ4n) is 3.28. The third kappa shape index (κ3) is 4.55. The number of benzene rings is 3. The Labute approximate surface area is 190 Å². The quantitative estimate of drug-likeness (QED) is 0.447. The van der Waals surface area contributed by atoms with Crippen LogP contribution in [0.3, 0.4) is 0 Å². The Bertz CT molecular complexity index is 1230. The summed E-state index contributed by atoms with van der Waals surface area (Å²) in [7, 11) is 0. The fraction of sp³-hybridized carbons (Fsp3) is 0.0800. The Balaban J connectivity index is 1.58. The van der Waals surface area contributed by atoms with Crippen LogP contribution < -0.4 is 15.0 Å². The second-order valence-corrected chi connectivity index (χ2v) is 7.66. The molecule has 0 bridgehead atoms. The second-order valence-electron chi connectivity index (χ2n) is 7.22. The van der Waals surface area contributed by atoms with E-state index < -0.39 is 17.8 Å². The van der Waals surface area contributed by atoms with Gasteiger partial charge in [0, 0.05) is 5.02 Å². The molecule has 0 atom stereocenters. The fourth-order valence-corrected chi connectivity index (χ4v) is 3.40. The third-order valence-corrected chi connectivity index (χ3v) is 5.26. The van der Waals surface area contributed by atoms with Crippen LogP contribution in [0, 0.1) is 6.92 Å². The van der Waals surface area contributed by atoms with Crippen LogP contribution in [0.15, 0.2) is 78.4 Å². The van der Waals surface area contributed by atoms with E-state index in [9.17, 15) is 14.4 Å². The van der Waals surface area contributed by atoms with Gasteiger partial charge in [0.2, 0.25) is 0 Å². The number of hydrogen-bond acceptors (Lipinski definition) is 4. The number of amides is 4. The standard InChI is InChI=1S/C25H19ClN2O4/c1-16-5-2-3-7-18(16)15-32-21-8-4-6-17(13-21)14-22-23(29)27-25(31)28(24(22)30)20-11-9-19(26)10-12-20/h2-14H,15H2,1H3,(H,27,29,31). The molecule has 0 saturated carbocycles. The summed E-state index contributed by atoms with van der Waals surface area (Å²) in [6, 6.07) is 20.4. The number of rotatable bonds is 5. The highest BCUT2D eigenvalue weighted by Gasteiger charge is 2.36. The molecule has 1 heterocycles. The van der Waals surface area contributed by atoms with E-state index in [0.29, 0.717) is 28.6 Å². The molecule has 0 unspecified atom stereocenters. The molecule has 0 aromatic heterocycles. The summed E-state index contributed by atoms with van der Waals surface area (Å²) in [4.78, 5) is 38.6. The molecule has 6 nitrogen and oxygen atoms in total. The van der Waals surface area contributed by atoms with Gasteiger partial charge in [-0.15, -0.1) is 0 Å². The lowest BCUT2D eigenvalue weighted by molar-refractivity contribution is -0.122. The Morgan fingerprint density at radius 1 is 0.969 bits per heavy atom. The maximum Gasteiger partial charge on any atom is 0.335 e. The highest BCUT2D eigenvalue weighted by Crippen LogP contribution is 2.24. The molecule has 1 saturated heterocycles. The predicted octanol–water partition coefficient (Wildman–Crippen LogP) is 4.89. The lowest BCUT2D eigenvalue weighted by Gasteiger charge is -2.26. The van der Waals surface area contributed by atoms with Crippen LogP contribution >= 0.6 is 11.6 Å². The van der Waals surface area contributed by atoms with Crippen molar-refractivity contribution in [2.45, 2.75) is 13.5 Å². The zero-order valence-corrected chi connectivity index (χ0v) is 17.9. The van der Waals surface area contributed by atoms with Crippen LogP contribution in [-0.2, 0) is 16.2 Å². The molecule has 4 rings (SSSR count). The van der Waals surface area contributed by atoms with Gasteiger partial charge in [0.15, 0.2) is 0 Å². The summed E-state index contributed by atoms with van der Waals surface area (Å²) in [5.74, 6) is -0.874. The Morgan fingerprint density at radius 2 is 1.72 bits per heavy atom. The topological polar surface area (TPSA) is 75.7 Å². The monoisotopic (exact) mass is 446 g/mol. The number of aryl methyl sites for hydroxylation is 1.